The molecule has 0 fully saturated rings. The average Bonchev–Trinajstić information content (AvgIpc) is 2.41. The summed E-state index contributed by atoms with van der Waals surface area (Å²) in [6.07, 6.45) is 2.24. The van der Waals surface area contributed by atoms with Crippen molar-refractivity contribution < 1.29 is 0 Å². The Balaban J connectivity index is 1.88. The number of hydrogen-bond acceptors (Lipinski definition) is 2. The predicted octanol–water partition coefficient (Wildman–Crippen LogP) is 3.95. The first kappa shape index (κ1) is 14.4. The Morgan fingerprint density at radius 1 is 1.00 bits per heavy atom. The second-order valence-electron chi connectivity index (χ2n) is 5.56. The summed E-state index contributed by atoms with van der Waals surface area (Å²) in [6.45, 7) is 5.38. The van der Waals surface area contributed by atoms with Gasteiger partial charge in [-0.15, -0.1) is 0 Å². The second kappa shape index (κ2) is 6.47. The van der Waals surface area contributed by atoms with Crippen molar-refractivity contribution in [3.63, 3.8) is 0 Å². The minimum absolute atomic E-state index is 0.834. The highest BCUT2D eigenvalue weighted by molar-refractivity contribution is 5.53. The lowest BCUT2D eigenvalue weighted by Gasteiger charge is -2.21. The molecular formula is C18H24N2. The van der Waals surface area contributed by atoms with Crippen LogP contribution in [0.1, 0.15) is 23.1 Å². The van der Waals surface area contributed by atoms with Crippen molar-refractivity contribution >= 4 is 11.4 Å². The van der Waals surface area contributed by atoms with Crippen LogP contribution in [0.4, 0.5) is 11.4 Å². The second-order valence-corrected chi connectivity index (χ2v) is 5.56. The molecule has 20 heavy (non-hydrogen) atoms. The Hall–Kier alpha value is -1.96. The topological polar surface area (TPSA) is 29.3 Å². The van der Waals surface area contributed by atoms with Crippen LogP contribution in [0.2, 0.25) is 0 Å². The maximum Gasteiger partial charge on any atom is 0.0393 e. The predicted molar refractivity (Wildman–Crippen MR) is 88.4 cm³/mol. The van der Waals surface area contributed by atoms with Gasteiger partial charge in [-0.05, 0) is 56.0 Å². The Morgan fingerprint density at radius 2 is 1.70 bits per heavy atom. The lowest BCUT2D eigenvalue weighted by atomic mass is 10.1. The van der Waals surface area contributed by atoms with Crippen molar-refractivity contribution in [3.8, 4) is 0 Å². The van der Waals surface area contributed by atoms with Crippen molar-refractivity contribution in [3.05, 3.63) is 59.2 Å². The van der Waals surface area contributed by atoms with Gasteiger partial charge in [0.1, 0.15) is 0 Å². The van der Waals surface area contributed by atoms with Crippen molar-refractivity contribution in [1.29, 1.82) is 0 Å². The molecule has 0 aliphatic carbocycles. The lowest BCUT2D eigenvalue weighted by Crippen LogP contribution is -2.20. The van der Waals surface area contributed by atoms with Gasteiger partial charge in [0.15, 0.2) is 0 Å². The standard InChI is InChI=1S/C18H24N2/c1-14-6-11-18(15(2)13-14)20(3)12-4-5-16-7-9-17(19)10-8-16/h6-11,13H,4-5,12,19H2,1-3H3. The fourth-order valence-electron chi connectivity index (χ4n) is 2.56. The van der Waals surface area contributed by atoms with Crippen LogP contribution in [0, 0.1) is 13.8 Å². The highest BCUT2D eigenvalue weighted by Crippen LogP contribution is 2.20. The van der Waals surface area contributed by atoms with Gasteiger partial charge < -0.3 is 10.6 Å². The number of aryl methyl sites for hydroxylation is 3. The van der Waals surface area contributed by atoms with Crippen molar-refractivity contribution in [2.45, 2.75) is 26.7 Å². The summed E-state index contributed by atoms with van der Waals surface area (Å²) in [4.78, 5) is 2.34. The zero-order valence-corrected chi connectivity index (χ0v) is 12.7. The molecule has 0 saturated carbocycles. The molecular weight excluding hydrogens is 244 g/mol. The zero-order valence-electron chi connectivity index (χ0n) is 12.7. The summed E-state index contributed by atoms with van der Waals surface area (Å²) in [5, 5.41) is 0. The molecule has 0 atom stereocenters. The van der Waals surface area contributed by atoms with E-state index in [0.29, 0.717) is 0 Å². The summed E-state index contributed by atoms with van der Waals surface area (Å²) in [5.74, 6) is 0. The fraction of sp³-hybridized carbons (Fsp3) is 0.333. The fourth-order valence-corrected chi connectivity index (χ4v) is 2.56. The van der Waals surface area contributed by atoms with Crippen LogP contribution >= 0.6 is 0 Å². The molecule has 2 aromatic carbocycles. The van der Waals surface area contributed by atoms with Gasteiger partial charge in [-0.3, -0.25) is 0 Å². The number of hydrogen-bond donors (Lipinski definition) is 1. The van der Waals surface area contributed by atoms with Gasteiger partial charge in [-0.1, -0.05) is 29.8 Å². The van der Waals surface area contributed by atoms with E-state index in [4.69, 9.17) is 5.73 Å². The number of anilines is 2. The maximum atomic E-state index is 5.70. The van der Waals surface area contributed by atoms with E-state index in [1.54, 1.807) is 0 Å². The van der Waals surface area contributed by atoms with Crippen molar-refractivity contribution in [2.75, 3.05) is 24.2 Å². The highest BCUT2D eigenvalue weighted by Gasteiger charge is 2.04. The van der Waals surface area contributed by atoms with Gasteiger partial charge in [0.05, 0.1) is 0 Å². The zero-order chi connectivity index (χ0) is 14.5. The minimum atomic E-state index is 0.834. The Kier molecular flexibility index (Phi) is 4.67. The van der Waals surface area contributed by atoms with Gasteiger partial charge in [-0.25, -0.2) is 0 Å². The number of nitrogens with zero attached hydrogens (tertiary/aromatic N) is 1. The Labute approximate surface area is 122 Å². The van der Waals surface area contributed by atoms with Gasteiger partial charge >= 0.3 is 0 Å². The van der Waals surface area contributed by atoms with Gasteiger partial charge in [-0.2, -0.15) is 0 Å². The molecule has 0 radical (unpaired) electrons. The van der Waals surface area contributed by atoms with E-state index >= 15 is 0 Å². The molecule has 2 aromatic rings. The first-order chi connectivity index (χ1) is 9.56. The third kappa shape index (κ3) is 3.77. The highest BCUT2D eigenvalue weighted by atomic mass is 15.1. The van der Waals surface area contributed by atoms with Gasteiger partial charge in [0, 0.05) is 25.0 Å². The molecule has 0 aromatic heterocycles. The smallest absolute Gasteiger partial charge is 0.0393 e. The number of nitrogen functional groups attached to an aromatic ring is 1. The van der Waals surface area contributed by atoms with Crippen LogP contribution in [0.15, 0.2) is 42.5 Å². The largest absolute Gasteiger partial charge is 0.399 e. The van der Waals surface area contributed by atoms with Crippen LogP contribution in [-0.2, 0) is 6.42 Å². The summed E-state index contributed by atoms with van der Waals surface area (Å²) >= 11 is 0. The maximum absolute atomic E-state index is 5.70. The van der Waals surface area contributed by atoms with Gasteiger partial charge in [0.2, 0.25) is 0 Å². The van der Waals surface area contributed by atoms with Crippen LogP contribution in [0.25, 0.3) is 0 Å². The molecule has 0 spiro atoms. The molecule has 2 rings (SSSR count). The van der Waals surface area contributed by atoms with E-state index in [1.807, 2.05) is 12.1 Å². The van der Waals surface area contributed by atoms with Crippen molar-refractivity contribution in [2.24, 2.45) is 0 Å². The Bertz CT molecular complexity index is 558. The molecule has 0 amide bonds. The van der Waals surface area contributed by atoms with Crippen LogP contribution in [0.5, 0.6) is 0 Å². The molecule has 2 N–H and O–H groups in total. The summed E-state index contributed by atoms with van der Waals surface area (Å²) in [6, 6.07) is 14.8. The molecule has 2 nitrogen and oxygen atoms in total. The van der Waals surface area contributed by atoms with E-state index in [2.05, 4.69) is 56.1 Å². The Morgan fingerprint density at radius 3 is 2.35 bits per heavy atom. The first-order valence-corrected chi connectivity index (χ1v) is 7.19. The van der Waals surface area contributed by atoms with Crippen LogP contribution < -0.4 is 10.6 Å². The number of benzene rings is 2. The normalized spacial score (nSPS) is 10.6. The van der Waals surface area contributed by atoms with E-state index in [1.165, 1.54) is 22.4 Å². The average molecular weight is 268 g/mol. The minimum Gasteiger partial charge on any atom is -0.399 e. The van der Waals surface area contributed by atoms with E-state index in [-0.39, 0.29) is 0 Å². The molecule has 106 valence electrons. The summed E-state index contributed by atoms with van der Waals surface area (Å²) < 4.78 is 0. The van der Waals surface area contributed by atoms with Crippen molar-refractivity contribution in [1.82, 2.24) is 0 Å². The molecule has 0 unspecified atom stereocenters. The SMILES string of the molecule is Cc1ccc(N(C)CCCc2ccc(N)cc2)c(C)c1. The molecule has 0 saturated heterocycles. The van der Waals surface area contributed by atoms with E-state index < -0.39 is 0 Å². The monoisotopic (exact) mass is 268 g/mol. The third-order valence-electron chi connectivity index (χ3n) is 3.70. The summed E-state index contributed by atoms with van der Waals surface area (Å²) in [7, 11) is 2.17. The molecule has 0 bridgehead atoms. The third-order valence-corrected chi connectivity index (χ3v) is 3.70. The molecule has 2 heteroatoms. The molecule has 0 heterocycles. The van der Waals surface area contributed by atoms with Crippen LogP contribution in [0.3, 0.4) is 0 Å². The lowest BCUT2D eigenvalue weighted by molar-refractivity contribution is 0.784. The first-order valence-electron chi connectivity index (χ1n) is 7.19. The van der Waals surface area contributed by atoms with Gasteiger partial charge in [0.25, 0.3) is 0 Å². The van der Waals surface area contributed by atoms with E-state index in [9.17, 15) is 0 Å². The van der Waals surface area contributed by atoms with Crippen LogP contribution in [-0.4, -0.2) is 13.6 Å². The van der Waals surface area contributed by atoms with E-state index in [0.717, 1.165) is 25.1 Å². The summed E-state index contributed by atoms with van der Waals surface area (Å²) in [5.41, 5.74) is 11.9. The number of rotatable bonds is 5. The molecule has 0 aliphatic heterocycles. The number of nitrogens with two attached hydrogens (primary N) is 1. The quantitative estimate of drug-likeness (QED) is 0.832. The molecule has 0 aliphatic rings.